The maximum Gasteiger partial charge on any atom is 0.342 e. The number of hydrogen-bond donors (Lipinski definition) is 2. The van der Waals surface area contributed by atoms with Gasteiger partial charge < -0.3 is 24.6 Å². The summed E-state index contributed by atoms with van der Waals surface area (Å²) in [6.45, 7) is 1.32. The number of benzene rings is 2. The van der Waals surface area contributed by atoms with Gasteiger partial charge in [-0.05, 0) is 25.1 Å². The number of anilines is 1. The van der Waals surface area contributed by atoms with Crippen LogP contribution < -0.4 is 14.8 Å². The van der Waals surface area contributed by atoms with Gasteiger partial charge in [0.15, 0.2) is 6.10 Å². The molecule has 0 radical (unpaired) electrons. The van der Waals surface area contributed by atoms with E-state index in [0.29, 0.717) is 5.75 Å². The van der Waals surface area contributed by atoms with Crippen LogP contribution in [0.4, 0.5) is 11.4 Å². The van der Waals surface area contributed by atoms with E-state index in [9.17, 15) is 24.8 Å². The van der Waals surface area contributed by atoms with Crippen molar-refractivity contribution in [2.24, 2.45) is 0 Å². The molecular weight excluding hydrogens is 372 g/mol. The molecule has 0 heterocycles. The number of hydrogen-bond acceptors (Lipinski definition) is 8. The van der Waals surface area contributed by atoms with E-state index in [1.54, 1.807) is 0 Å². The zero-order valence-corrected chi connectivity index (χ0v) is 15.3. The lowest BCUT2D eigenvalue weighted by Gasteiger charge is -2.15. The normalized spacial score (nSPS) is 11.2. The van der Waals surface area contributed by atoms with E-state index in [1.165, 1.54) is 51.5 Å². The van der Waals surface area contributed by atoms with E-state index in [0.717, 1.165) is 6.07 Å². The predicted molar refractivity (Wildman–Crippen MR) is 97.8 cm³/mol. The molecule has 0 unspecified atom stereocenters. The summed E-state index contributed by atoms with van der Waals surface area (Å²) in [6.07, 6.45) is -1.25. The summed E-state index contributed by atoms with van der Waals surface area (Å²) in [4.78, 5) is 34.8. The third kappa shape index (κ3) is 4.67. The summed E-state index contributed by atoms with van der Waals surface area (Å²) < 4.78 is 15.0. The first-order chi connectivity index (χ1) is 13.3. The number of non-ortho nitro benzene ring substituents is 1. The number of methoxy groups -OCH3 is 2. The Bertz CT molecular complexity index is 912. The molecule has 0 saturated carbocycles. The average molecular weight is 390 g/mol. The number of aromatic hydroxyl groups is 1. The Morgan fingerprint density at radius 2 is 1.86 bits per heavy atom. The van der Waals surface area contributed by atoms with E-state index in [-0.39, 0.29) is 28.4 Å². The Morgan fingerprint density at radius 1 is 1.14 bits per heavy atom. The number of nitrogens with zero attached hydrogens (tertiary/aromatic N) is 1. The Morgan fingerprint density at radius 3 is 2.43 bits per heavy atom. The first-order valence-electron chi connectivity index (χ1n) is 7.98. The zero-order chi connectivity index (χ0) is 20.8. The maximum atomic E-state index is 12.3. The summed E-state index contributed by atoms with van der Waals surface area (Å²) in [7, 11) is 2.74. The van der Waals surface area contributed by atoms with Gasteiger partial charge in [0.2, 0.25) is 0 Å². The van der Waals surface area contributed by atoms with Gasteiger partial charge in [-0.2, -0.15) is 0 Å². The molecule has 2 rings (SSSR count). The van der Waals surface area contributed by atoms with Gasteiger partial charge in [0, 0.05) is 18.2 Å². The third-order valence-electron chi connectivity index (χ3n) is 3.73. The second kappa shape index (κ2) is 8.71. The first kappa shape index (κ1) is 20.5. The number of esters is 1. The molecule has 10 heteroatoms. The highest BCUT2D eigenvalue weighted by atomic mass is 16.6. The van der Waals surface area contributed by atoms with Crippen molar-refractivity contribution >= 4 is 23.3 Å². The molecule has 2 aromatic carbocycles. The number of phenols is 1. The Kier molecular flexibility index (Phi) is 6.38. The van der Waals surface area contributed by atoms with Crippen LogP contribution in [0.15, 0.2) is 36.4 Å². The maximum absolute atomic E-state index is 12.3. The lowest BCUT2D eigenvalue weighted by Crippen LogP contribution is -2.30. The fourth-order valence-electron chi connectivity index (χ4n) is 2.23. The molecule has 28 heavy (non-hydrogen) atoms. The van der Waals surface area contributed by atoms with Gasteiger partial charge in [-0.1, -0.05) is 0 Å². The topological polar surface area (TPSA) is 137 Å². The van der Waals surface area contributed by atoms with E-state index >= 15 is 0 Å². The number of phenolic OH excluding ortho intramolecular Hbond substituents is 1. The van der Waals surface area contributed by atoms with Gasteiger partial charge in [0.05, 0.1) is 24.8 Å². The molecule has 1 atom stereocenters. The van der Waals surface area contributed by atoms with E-state index in [4.69, 9.17) is 14.2 Å². The SMILES string of the molecule is COc1ccc(C(=O)O[C@H](C)C(=O)Nc2cc([N+](=O)[O-])ccc2OC)c(O)c1. The van der Waals surface area contributed by atoms with Crippen molar-refractivity contribution in [1.29, 1.82) is 0 Å². The minimum absolute atomic E-state index is 0.0527. The van der Waals surface area contributed by atoms with Crippen molar-refractivity contribution in [1.82, 2.24) is 0 Å². The highest BCUT2D eigenvalue weighted by Crippen LogP contribution is 2.29. The summed E-state index contributed by atoms with van der Waals surface area (Å²) in [6, 6.07) is 7.67. The molecule has 0 aliphatic rings. The molecule has 10 nitrogen and oxygen atoms in total. The van der Waals surface area contributed by atoms with Crippen LogP contribution in [0.25, 0.3) is 0 Å². The van der Waals surface area contributed by atoms with Gasteiger partial charge in [0.1, 0.15) is 22.8 Å². The molecule has 0 bridgehead atoms. The molecular formula is C18H18N2O8. The van der Waals surface area contributed by atoms with Crippen molar-refractivity contribution < 1.29 is 33.8 Å². The molecule has 0 spiro atoms. The van der Waals surface area contributed by atoms with Crippen molar-refractivity contribution in [2.45, 2.75) is 13.0 Å². The number of carbonyl (C=O) groups is 2. The van der Waals surface area contributed by atoms with Crippen molar-refractivity contribution in [3.8, 4) is 17.2 Å². The molecule has 0 fully saturated rings. The number of amides is 1. The van der Waals surface area contributed by atoms with Crippen LogP contribution in [0.2, 0.25) is 0 Å². The highest BCUT2D eigenvalue weighted by Gasteiger charge is 2.23. The second-order valence-corrected chi connectivity index (χ2v) is 5.56. The minimum Gasteiger partial charge on any atom is -0.507 e. The second-order valence-electron chi connectivity index (χ2n) is 5.56. The van der Waals surface area contributed by atoms with E-state index in [2.05, 4.69) is 5.32 Å². The Balaban J connectivity index is 2.12. The zero-order valence-electron chi connectivity index (χ0n) is 15.3. The van der Waals surface area contributed by atoms with Crippen LogP contribution >= 0.6 is 0 Å². The van der Waals surface area contributed by atoms with E-state index < -0.39 is 22.9 Å². The standard InChI is InChI=1S/C18H18N2O8/c1-10(28-18(23)13-6-5-12(26-2)9-15(13)21)17(22)19-14-8-11(20(24)25)4-7-16(14)27-3/h4-10,21H,1-3H3,(H,19,22)/t10-/m1/s1. The van der Waals surface area contributed by atoms with Crippen LogP contribution in [0.3, 0.4) is 0 Å². The minimum atomic E-state index is -1.25. The van der Waals surface area contributed by atoms with Crippen molar-refractivity contribution in [2.75, 3.05) is 19.5 Å². The molecule has 0 saturated heterocycles. The number of ether oxygens (including phenoxy) is 3. The third-order valence-corrected chi connectivity index (χ3v) is 3.73. The number of nitrogens with one attached hydrogen (secondary N) is 1. The average Bonchev–Trinajstić information content (AvgIpc) is 2.67. The first-order valence-corrected chi connectivity index (χ1v) is 7.98. The van der Waals surface area contributed by atoms with Gasteiger partial charge in [-0.25, -0.2) is 4.79 Å². The fraction of sp³-hybridized carbons (Fsp3) is 0.222. The number of nitro benzene ring substituents is 1. The summed E-state index contributed by atoms with van der Waals surface area (Å²) in [5, 5.41) is 23.2. The van der Waals surface area contributed by atoms with Crippen LogP contribution in [-0.4, -0.2) is 42.2 Å². The molecule has 0 aliphatic carbocycles. The molecule has 2 N–H and O–H groups in total. The molecule has 2 aromatic rings. The largest absolute Gasteiger partial charge is 0.507 e. The van der Waals surface area contributed by atoms with Gasteiger partial charge in [-0.15, -0.1) is 0 Å². The van der Waals surface area contributed by atoms with Crippen LogP contribution in [0.1, 0.15) is 17.3 Å². The lowest BCUT2D eigenvalue weighted by atomic mass is 10.2. The monoisotopic (exact) mass is 390 g/mol. The number of rotatable bonds is 7. The smallest absolute Gasteiger partial charge is 0.342 e. The summed E-state index contributed by atoms with van der Waals surface area (Å²) in [5.41, 5.74) is -0.339. The fourth-order valence-corrected chi connectivity index (χ4v) is 2.23. The molecule has 1 amide bonds. The molecule has 0 aromatic heterocycles. The van der Waals surface area contributed by atoms with Crippen LogP contribution in [-0.2, 0) is 9.53 Å². The van der Waals surface area contributed by atoms with E-state index in [1.807, 2.05) is 0 Å². The summed E-state index contributed by atoms with van der Waals surface area (Å²) in [5.74, 6) is -1.48. The Labute approximate surface area is 159 Å². The van der Waals surface area contributed by atoms with Crippen molar-refractivity contribution in [3.05, 3.63) is 52.1 Å². The molecule has 148 valence electrons. The Hall–Kier alpha value is -3.82. The molecule has 0 aliphatic heterocycles. The van der Waals surface area contributed by atoms with Gasteiger partial charge in [-0.3, -0.25) is 14.9 Å². The van der Waals surface area contributed by atoms with Gasteiger partial charge >= 0.3 is 5.97 Å². The number of carbonyl (C=O) groups excluding carboxylic acids is 2. The summed E-state index contributed by atoms with van der Waals surface area (Å²) >= 11 is 0. The van der Waals surface area contributed by atoms with Crippen LogP contribution in [0.5, 0.6) is 17.2 Å². The quantitative estimate of drug-likeness (QED) is 0.418. The van der Waals surface area contributed by atoms with Crippen molar-refractivity contribution in [3.63, 3.8) is 0 Å². The highest BCUT2D eigenvalue weighted by molar-refractivity contribution is 5.99. The van der Waals surface area contributed by atoms with Crippen LogP contribution in [0, 0.1) is 10.1 Å². The van der Waals surface area contributed by atoms with Gasteiger partial charge in [0.25, 0.3) is 11.6 Å². The lowest BCUT2D eigenvalue weighted by molar-refractivity contribution is -0.384. The number of nitro groups is 1. The predicted octanol–water partition coefficient (Wildman–Crippen LogP) is 2.50.